The van der Waals surface area contributed by atoms with Gasteiger partial charge in [0.05, 0.1) is 0 Å². The van der Waals surface area contributed by atoms with Gasteiger partial charge in [-0.25, -0.2) is 0 Å². The molecule has 0 saturated heterocycles. The Morgan fingerprint density at radius 1 is 1.19 bits per heavy atom. The third-order valence-corrected chi connectivity index (χ3v) is 2.71. The maximum absolute atomic E-state index is 10.8. The van der Waals surface area contributed by atoms with E-state index >= 15 is 0 Å². The molecule has 16 heavy (non-hydrogen) atoms. The molecule has 0 fully saturated rings. The van der Waals surface area contributed by atoms with Gasteiger partial charge in [-0.2, -0.15) is 13.6 Å². The SMILES string of the molecule is Cc1cccc2ccc(OS(N)(=O)=O)cc12. The standard InChI is InChI=1S/C11H11NO3S/c1-8-3-2-4-9-5-6-10(7-11(8)9)15-16(12,13)14/h2-7H,1H3,(H2,12,13,14). The van der Waals surface area contributed by atoms with Crippen LogP contribution in [0.1, 0.15) is 5.56 Å². The van der Waals surface area contributed by atoms with E-state index in [9.17, 15) is 8.42 Å². The summed E-state index contributed by atoms with van der Waals surface area (Å²) in [5, 5.41) is 6.78. The van der Waals surface area contributed by atoms with Gasteiger partial charge in [0, 0.05) is 0 Å². The van der Waals surface area contributed by atoms with Crippen molar-refractivity contribution in [1.29, 1.82) is 0 Å². The first-order valence-corrected chi connectivity index (χ1v) is 6.14. The number of benzene rings is 2. The number of fused-ring (bicyclic) bond motifs is 1. The predicted molar refractivity (Wildman–Crippen MR) is 62.4 cm³/mol. The average Bonchev–Trinajstić information content (AvgIpc) is 2.17. The van der Waals surface area contributed by atoms with Crippen LogP contribution in [0.2, 0.25) is 0 Å². The lowest BCUT2D eigenvalue weighted by atomic mass is 10.1. The van der Waals surface area contributed by atoms with Gasteiger partial charge < -0.3 is 4.18 Å². The van der Waals surface area contributed by atoms with Gasteiger partial charge >= 0.3 is 10.3 Å². The van der Waals surface area contributed by atoms with Crippen molar-refractivity contribution in [2.45, 2.75) is 6.92 Å². The van der Waals surface area contributed by atoms with Crippen molar-refractivity contribution in [1.82, 2.24) is 0 Å². The molecule has 2 N–H and O–H groups in total. The van der Waals surface area contributed by atoms with Crippen molar-refractivity contribution in [3.05, 3.63) is 42.0 Å². The van der Waals surface area contributed by atoms with Crippen LogP contribution in [0.3, 0.4) is 0 Å². The second-order valence-electron chi connectivity index (χ2n) is 3.53. The van der Waals surface area contributed by atoms with Crippen molar-refractivity contribution in [3.63, 3.8) is 0 Å². The fraction of sp³-hybridized carbons (Fsp3) is 0.0909. The maximum atomic E-state index is 10.8. The van der Waals surface area contributed by atoms with Gasteiger partial charge in [-0.3, -0.25) is 0 Å². The third-order valence-electron chi connectivity index (χ3n) is 2.28. The van der Waals surface area contributed by atoms with Crippen LogP contribution in [0.15, 0.2) is 36.4 Å². The van der Waals surface area contributed by atoms with E-state index in [2.05, 4.69) is 4.18 Å². The van der Waals surface area contributed by atoms with Gasteiger partial charge in [0.25, 0.3) is 0 Å². The molecule has 0 aliphatic rings. The highest BCUT2D eigenvalue weighted by Crippen LogP contribution is 2.24. The number of rotatable bonds is 2. The van der Waals surface area contributed by atoms with Crippen LogP contribution in [0.25, 0.3) is 10.8 Å². The molecule has 0 radical (unpaired) electrons. The Hall–Kier alpha value is -1.59. The molecule has 0 saturated carbocycles. The van der Waals surface area contributed by atoms with E-state index in [4.69, 9.17) is 5.14 Å². The summed E-state index contributed by atoms with van der Waals surface area (Å²) < 4.78 is 26.2. The predicted octanol–water partition coefficient (Wildman–Crippen LogP) is 1.73. The molecule has 0 amide bonds. The van der Waals surface area contributed by atoms with E-state index in [0.717, 1.165) is 16.3 Å². The molecular weight excluding hydrogens is 226 g/mol. The zero-order valence-electron chi connectivity index (χ0n) is 8.67. The zero-order valence-corrected chi connectivity index (χ0v) is 9.49. The first kappa shape index (κ1) is 10.9. The third kappa shape index (κ3) is 2.32. The Balaban J connectivity index is 2.55. The first-order valence-electron chi connectivity index (χ1n) is 4.67. The minimum absolute atomic E-state index is 0.226. The summed E-state index contributed by atoms with van der Waals surface area (Å²) in [6.45, 7) is 1.95. The summed E-state index contributed by atoms with van der Waals surface area (Å²) >= 11 is 0. The van der Waals surface area contributed by atoms with Crippen LogP contribution in [0, 0.1) is 6.92 Å². The molecule has 4 nitrogen and oxygen atoms in total. The summed E-state index contributed by atoms with van der Waals surface area (Å²) in [6.07, 6.45) is 0. The average molecular weight is 237 g/mol. The molecule has 0 aromatic heterocycles. The molecule has 84 valence electrons. The molecule has 5 heteroatoms. The molecule has 2 aromatic carbocycles. The molecule has 0 aliphatic carbocycles. The lowest BCUT2D eigenvalue weighted by Crippen LogP contribution is -2.18. The Labute approximate surface area is 93.9 Å². The maximum Gasteiger partial charge on any atom is 0.380 e. The van der Waals surface area contributed by atoms with Crippen molar-refractivity contribution >= 4 is 21.1 Å². The highest BCUT2D eigenvalue weighted by atomic mass is 32.2. The Morgan fingerprint density at radius 3 is 2.62 bits per heavy atom. The molecule has 0 bridgehead atoms. The van der Waals surface area contributed by atoms with E-state index in [-0.39, 0.29) is 5.75 Å². The van der Waals surface area contributed by atoms with Crippen molar-refractivity contribution < 1.29 is 12.6 Å². The summed E-state index contributed by atoms with van der Waals surface area (Å²) in [5.41, 5.74) is 1.05. The molecule has 0 aliphatic heterocycles. The number of aryl methyl sites for hydroxylation is 1. The summed E-state index contributed by atoms with van der Waals surface area (Å²) in [4.78, 5) is 0. The zero-order chi connectivity index (χ0) is 11.8. The Morgan fingerprint density at radius 2 is 1.94 bits per heavy atom. The monoisotopic (exact) mass is 237 g/mol. The van der Waals surface area contributed by atoms with E-state index < -0.39 is 10.3 Å². The van der Waals surface area contributed by atoms with Crippen molar-refractivity contribution in [2.75, 3.05) is 0 Å². The molecule has 0 heterocycles. The van der Waals surface area contributed by atoms with Crippen molar-refractivity contribution in [2.24, 2.45) is 5.14 Å². The molecule has 0 unspecified atom stereocenters. The molecule has 0 atom stereocenters. The minimum Gasteiger partial charge on any atom is -0.371 e. The number of hydrogen-bond donors (Lipinski definition) is 1. The van der Waals surface area contributed by atoms with Crippen LogP contribution < -0.4 is 9.32 Å². The fourth-order valence-corrected chi connectivity index (χ4v) is 1.97. The normalized spacial score (nSPS) is 11.6. The Bertz CT molecular complexity index is 635. The molecule has 0 spiro atoms. The summed E-state index contributed by atoms with van der Waals surface area (Å²) in [5.74, 6) is 0.226. The minimum atomic E-state index is -3.96. The van der Waals surface area contributed by atoms with Crippen LogP contribution in [-0.2, 0) is 10.3 Å². The van der Waals surface area contributed by atoms with Crippen LogP contribution >= 0.6 is 0 Å². The van der Waals surface area contributed by atoms with E-state index in [0.29, 0.717) is 0 Å². The van der Waals surface area contributed by atoms with E-state index in [1.54, 1.807) is 18.2 Å². The molecular formula is C11H11NO3S. The van der Waals surface area contributed by atoms with Gasteiger partial charge in [0.1, 0.15) is 5.75 Å². The van der Waals surface area contributed by atoms with Gasteiger partial charge in [0.2, 0.25) is 0 Å². The number of hydrogen-bond acceptors (Lipinski definition) is 3. The lowest BCUT2D eigenvalue weighted by molar-refractivity contribution is 0.488. The van der Waals surface area contributed by atoms with E-state index in [1.165, 1.54) is 0 Å². The van der Waals surface area contributed by atoms with Crippen LogP contribution in [0.5, 0.6) is 5.75 Å². The van der Waals surface area contributed by atoms with Gasteiger partial charge in [-0.05, 0) is 35.4 Å². The van der Waals surface area contributed by atoms with Crippen molar-refractivity contribution in [3.8, 4) is 5.75 Å². The molecule has 2 rings (SSSR count). The fourth-order valence-electron chi connectivity index (χ4n) is 1.59. The highest BCUT2D eigenvalue weighted by Gasteiger charge is 2.06. The quantitative estimate of drug-likeness (QED) is 0.864. The lowest BCUT2D eigenvalue weighted by Gasteiger charge is -2.05. The smallest absolute Gasteiger partial charge is 0.371 e. The summed E-state index contributed by atoms with van der Waals surface area (Å²) in [7, 11) is -3.96. The van der Waals surface area contributed by atoms with Gasteiger partial charge in [-0.15, -0.1) is 0 Å². The topological polar surface area (TPSA) is 69.4 Å². The van der Waals surface area contributed by atoms with Crippen LogP contribution in [-0.4, -0.2) is 8.42 Å². The second kappa shape index (κ2) is 3.77. The highest BCUT2D eigenvalue weighted by molar-refractivity contribution is 7.84. The van der Waals surface area contributed by atoms with Gasteiger partial charge in [-0.1, -0.05) is 24.3 Å². The van der Waals surface area contributed by atoms with Crippen LogP contribution in [0.4, 0.5) is 0 Å². The largest absolute Gasteiger partial charge is 0.380 e. The molecule has 2 aromatic rings. The number of nitrogens with two attached hydrogens (primary N) is 1. The summed E-state index contributed by atoms with van der Waals surface area (Å²) in [6, 6.07) is 10.9. The first-order chi connectivity index (χ1) is 7.46. The Kier molecular flexibility index (Phi) is 2.57. The van der Waals surface area contributed by atoms with E-state index in [1.807, 2.05) is 25.1 Å². The van der Waals surface area contributed by atoms with Gasteiger partial charge in [0.15, 0.2) is 0 Å². The second-order valence-corrected chi connectivity index (χ2v) is 4.69.